The molecule has 0 radical (unpaired) electrons. The van der Waals surface area contributed by atoms with Gasteiger partial charge >= 0.3 is 0 Å². The number of nitrogens with zero attached hydrogens (tertiary/aromatic N) is 3. The molecule has 1 heterocycles. The van der Waals surface area contributed by atoms with Crippen molar-refractivity contribution in [3.8, 4) is 17.5 Å². The highest BCUT2D eigenvalue weighted by molar-refractivity contribution is 5.81. The van der Waals surface area contributed by atoms with Crippen molar-refractivity contribution in [3.63, 3.8) is 0 Å². The quantitative estimate of drug-likeness (QED) is 0.704. The third-order valence-electron chi connectivity index (χ3n) is 3.33. The minimum absolute atomic E-state index is 0.626. The van der Waals surface area contributed by atoms with Crippen LogP contribution in [0.5, 0.6) is 0 Å². The Morgan fingerprint density at radius 3 is 2.60 bits per heavy atom. The van der Waals surface area contributed by atoms with Crippen LogP contribution in [0.25, 0.3) is 22.3 Å². The maximum Gasteiger partial charge on any atom is 0.159 e. The number of fused-ring (bicyclic) bond motifs is 1. The zero-order valence-electron chi connectivity index (χ0n) is 11.2. The summed E-state index contributed by atoms with van der Waals surface area (Å²) in [6, 6.07) is 15.9. The van der Waals surface area contributed by atoms with Crippen molar-refractivity contribution in [2.24, 2.45) is 0 Å². The molecule has 20 heavy (non-hydrogen) atoms. The number of rotatable bonds is 2. The van der Waals surface area contributed by atoms with E-state index < -0.39 is 0 Å². The molecule has 0 saturated heterocycles. The Balaban J connectivity index is 2.06. The zero-order chi connectivity index (χ0) is 13.9. The predicted molar refractivity (Wildman–Crippen MR) is 79.1 cm³/mol. The van der Waals surface area contributed by atoms with E-state index in [4.69, 9.17) is 5.26 Å². The molecule has 0 aliphatic carbocycles. The number of hydrogen-bond donors (Lipinski definition) is 0. The van der Waals surface area contributed by atoms with Gasteiger partial charge in [0.05, 0.1) is 17.1 Å². The molecule has 0 aliphatic heterocycles. The van der Waals surface area contributed by atoms with Crippen LogP contribution in [0.3, 0.4) is 0 Å². The third-order valence-corrected chi connectivity index (χ3v) is 3.33. The van der Waals surface area contributed by atoms with Gasteiger partial charge in [-0.25, -0.2) is 9.97 Å². The second-order valence-corrected chi connectivity index (χ2v) is 4.63. The Labute approximate surface area is 117 Å². The van der Waals surface area contributed by atoms with Crippen LogP contribution in [-0.4, -0.2) is 9.97 Å². The highest BCUT2D eigenvalue weighted by atomic mass is 14.9. The van der Waals surface area contributed by atoms with Crippen LogP contribution >= 0.6 is 0 Å². The van der Waals surface area contributed by atoms with Crippen LogP contribution in [0.2, 0.25) is 0 Å². The summed E-state index contributed by atoms with van der Waals surface area (Å²) in [4.78, 5) is 8.94. The fourth-order valence-corrected chi connectivity index (χ4v) is 2.13. The SMILES string of the molecule is CCc1ccc(-c2ncc3cc(C#N)ccc3n2)cc1. The summed E-state index contributed by atoms with van der Waals surface area (Å²) in [5.74, 6) is 0.713. The molecule has 3 nitrogen and oxygen atoms in total. The molecule has 3 heteroatoms. The molecule has 0 spiro atoms. The Morgan fingerprint density at radius 2 is 1.90 bits per heavy atom. The molecule has 0 aliphatic rings. The van der Waals surface area contributed by atoms with Gasteiger partial charge in [-0.15, -0.1) is 0 Å². The average molecular weight is 259 g/mol. The normalized spacial score (nSPS) is 10.4. The van der Waals surface area contributed by atoms with Gasteiger partial charge in [0.1, 0.15) is 0 Å². The first-order valence-corrected chi connectivity index (χ1v) is 6.56. The van der Waals surface area contributed by atoms with Gasteiger partial charge in [-0.1, -0.05) is 31.2 Å². The van der Waals surface area contributed by atoms with Gasteiger partial charge in [-0.2, -0.15) is 5.26 Å². The molecule has 0 amide bonds. The van der Waals surface area contributed by atoms with Crippen LogP contribution in [0.15, 0.2) is 48.7 Å². The van der Waals surface area contributed by atoms with Crippen LogP contribution in [0.1, 0.15) is 18.1 Å². The molecular formula is C17H13N3. The van der Waals surface area contributed by atoms with Crippen LogP contribution in [0.4, 0.5) is 0 Å². The first-order valence-electron chi connectivity index (χ1n) is 6.56. The molecule has 96 valence electrons. The van der Waals surface area contributed by atoms with E-state index in [2.05, 4.69) is 35.1 Å². The van der Waals surface area contributed by atoms with Crippen molar-refractivity contribution in [1.29, 1.82) is 5.26 Å². The van der Waals surface area contributed by atoms with Crippen LogP contribution in [-0.2, 0) is 6.42 Å². The van der Waals surface area contributed by atoms with Crippen molar-refractivity contribution < 1.29 is 0 Å². The molecule has 0 unspecified atom stereocenters. The van der Waals surface area contributed by atoms with Crippen LogP contribution < -0.4 is 0 Å². The summed E-state index contributed by atoms with van der Waals surface area (Å²) in [5.41, 5.74) is 3.79. The summed E-state index contributed by atoms with van der Waals surface area (Å²) in [6.07, 6.45) is 2.79. The van der Waals surface area contributed by atoms with Crippen molar-refractivity contribution >= 4 is 10.9 Å². The second-order valence-electron chi connectivity index (χ2n) is 4.63. The minimum atomic E-state index is 0.626. The lowest BCUT2D eigenvalue weighted by atomic mass is 10.1. The molecule has 0 N–H and O–H groups in total. The predicted octanol–water partition coefficient (Wildman–Crippen LogP) is 3.73. The highest BCUT2D eigenvalue weighted by Gasteiger charge is 2.04. The van der Waals surface area contributed by atoms with E-state index in [-0.39, 0.29) is 0 Å². The fourth-order valence-electron chi connectivity index (χ4n) is 2.13. The molecule has 0 atom stereocenters. The average Bonchev–Trinajstić information content (AvgIpc) is 2.54. The molecule has 3 aromatic rings. The number of aryl methyl sites for hydroxylation is 1. The van der Waals surface area contributed by atoms with Gasteiger partial charge in [0.2, 0.25) is 0 Å². The number of hydrogen-bond acceptors (Lipinski definition) is 3. The van der Waals surface area contributed by atoms with Gasteiger partial charge in [0, 0.05) is 17.1 Å². The zero-order valence-corrected chi connectivity index (χ0v) is 11.2. The van der Waals surface area contributed by atoms with Gasteiger partial charge in [-0.3, -0.25) is 0 Å². The maximum atomic E-state index is 8.89. The third kappa shape index (κ3) is 2.24. The summed E-state index contributed by atoms with van der Waals surface area (Å²) in [7, 11) is 0. The first-order chi connectivity index (χ1) is 9.80. The highest BCUT2D eigenvalue weighted by Crippen LogP contribution is 2.19. The number of nitriles is 1. The molecule has 0 saturated carbocycles. The molecular weight excluding hydrogens is 246 g/mol. The summed E-state index contributed by atoms with van der Waals surface area (Å²) < 4.78 is 0. The van der Waals surface area contributed by atoms with Crippen molar-refractivity contribution in [2.75, 3.05) is 0 Å². The van der Waals surface area contributed by atoms with E-state index in [0.717, 1.165) is 22.9 Å². The van der Waals surface area contributed by atoms with Gasteiger partial charge < -0.3 is 0 Å². The lowest BCUT2D eigenvalue weighted by Gasteiger charge is -2.03. The Hall–Kier alpha value is -2.73. The summed E-state index contributed by atoms with van der Waals surface area (Å²) in [5, 5.41) is 9.78. The van der Waals surface area contributed by atoms with E-state index in [9.17, 15) is 0 Å². The standard InChI is InChI=1S/C17H13N3/c1-2-12-3-6-14(7-4-12)17-19-11-15-9-13(10-18)5-8-16(15)20-17/h3-9,11H,2H2,1H3. The Bertz CT molecular complexity index is 799. The smallest absolute Gasteiger partial charge is 0.159 e. The monoisotopic (exact) mass is 259 g/mol. The first kappa shape index (κ1) is 12.3. The van der Waals surface area contributed by atoms with Crippen LogP contribution in [0, 0.1) is 11.3 Å². The molecule has 0 fully saturated rings. The molecule has 2 aromatic carbocycles. The number of benzene rings is 2. The Morgan fingerprint density at radius 1 is 1.10 bits per heavy atom. The van der Waals surface area contributed by atoms with E-state index in [0.29, 0.717) is 11.4 Å². The second kappa shape index (κ2) is 5.10. The van der Waals surface area contributed by atoms with Crippen molar-refractivity contribution in [2.45, 2.75) is 13.3 Å². The van der Waals surface area contributed by atoms with E-state index in [1.807, 2.05) is 18.2 Å². The molecule has 1 aromatic heterocycles. The van der Waals surface area contributed by atoms with Gasteiger partial charge in [0.25, 0.3) is 0 Å². The van der Waals surface area contributed by atoms with Crippen molar-refractivity contribution in [1.82, 2.24) is 9.97 Å². The molecule has 0 bridgehead atoms. The lowest BCUT2D eigenvalue weighted by Crippen LogP contribution is -1.91. The molecule has 3 rings (SSSR count). The van der Waals surface area contributed by atoms with Gasteiger partial charge in [-0.05, 0) is 30.2 Å². The largest absolute Gasteiger partial charge is 0.236 e. The lowest BCUT2D eigenvalue weighted by molar-refractivity contribution is 1.14. The minimum Gasteiger partial charge on any atom is -0.236 e. The maximum absolute atomic E-state index is 8.89. The summed E-state index contributed by atoms with van der Waals surface area (Å²) in [6.45, 7) is 2.13. The number of aromatic nitrogens is 2. The van der Waals surface area contributed by atoms with Crippen molar-refractivity contribution in [3.05, 3.63) is 59.8 Å². The fraction of sp³-hybridized carbons (Fsp3) is 0.118. The van der Waals surface area contributed by atoms with Gasteiger partial charge in [0.15, 0.2) is 5.82 Å². The van der Waals surface area contributed by atoms with E-state index in [1.54, 1.807) is 18.3 Å². The van der Waals surface area contributed by atoms with E-state index >= 15 is 0 Å². The Kier molecular flexibility index (Phi) is 3.14. The topological polar surface area (TPSA) is 49.6 Å². The van der Waals surface area contributed by atoms with E-state index in [1.165, 1.54) is 5.56 Å². The summed E-state index contributed by atoms with van der Waals surface area (Å²) >= 11 is 0.